The first-order valence-corrected chi connectivity index (χ1v) is 18.6. The molecule has 0 amide bonds. The first kappa shape index (κ1) is 32.6. The Morgan fingerprint density at radius 1 is 0.409 bits per heavy atom. The molecule has 0 N–H and O–H groups in total. The molecule has 0 bridgehead atoms. The van der Waals surface area contributed by atoms with Crippen LogP contribution in [0.15, 0.2) is 54.6 Å². The molecule has 0 unspecified atom stereocenters. The fraction of sp³-hybridized carbons (Fsp3) is 0.585. The van der Waals surface area contributed by atoms with Gasteiger partial charge in [0, 0.05) is 23.9 Å². The van der Waals surface area contributed by atoms with Crippen molar-refractivity contribution in [3.05, 3.63) is 54.6 Å². The number of fused-ring (bicyclic) bond motifs is 6. The van der Waals surface area contributed by atoms with Crippen LogP contribution >= 0.6 is 0 Å². The summed E-state index contributed by atoms with van der Waals surface area (Å²) >= 11 is 0. The smallest absolute Gasteiger partial charge is 0.0969 e. The van der Waals surface area contributed by atoms with Crippen LogP contribution in [0.1, 0.15) is 142 Å². The second-order valence-corrected chi connectivity index (χ2v) is 13.4. The molecular formula is C41H59N3. The lowest BCUT2D eigenvalue weighted by Gasteiger charge is -2.10. The van der Waals surface area contributed by atoms with Gasteiger partial charge in [0.25, 0.3) is 0 Å². The van der Waals surface area contributed by atoms with Crippen LogP contribution in [-0.4, -0.2) is 14.1 Å². The van der Waals surface area contributed by atoms with Gasteiger partial charge in [0.1, 0.15) is 0 Å². The van der Waals surface area contributed by atoms with E-state index < -0.39 is 0 Å². The number of nitrogens with zero attached hydrogens (tertiary/aromatic N) is 3. The lowest BCUT2D eigenvalue weighted by molar-refractivity contribution is 0.541. The topological polar surface area (TPSA) is 22.8 Å². The maximum Gasteiger partial charge on any atom is 0.0969 e. The van der Waals surface area contributed by atoms with Crippen LogP contribution in [0, 0.1) is 0 Å². The van der Waals surface area contributed by atoms with Gasteiger partial charge in [-0.05, 0) is 31.0 Å². The van der Waals surface area contributed by atoms with Crippen molar-refractivity contribution in [2.24, 2.45) is 0 Å². The summed E-state index contributed by atoms with van der Waals surface area (Å²) in [6.45, 7) is 6.75. The molecule has 0 atom stereocenters. The minimum absolute atomic E-state index is 1.08. The number of unbranched alkanes of at least 4 members (excludes halogenated alkanes) is 18. The second-order valence-electron chi connectivity index (χ2n) is 13.4. The molecule has 44 heavy (non-hydrogen) atoms. The Morgan fingerprint density at radius 3 is 1.14 bits per heavy atom. The molecule has 238 valence electrons. The molecule has 0 radical (unpaired) electrons. The third-order valence-electron chi connectivity index (χ3n) is 9.93. The van der Waals surface area contributed by atoms with Gasteiger partial charge in [-0.3, -0.25) is 0 Å². The number of aryl methyl sites for hydroxylation is 2. The van der Waals surface area contributed by atoms with Crippen molar-refractivity contribution in [1.82, 2.24) is 14.1 Å². The lowest BCUT2D eigenvalue weighted by Crippen LogP contribution is -2.00. The van der Waals surface area contributed by atoms with Crippen molar-refractivity contribution >= 4 is 43.9 Å². The number of benzene rings is 2. The summed E-state index contributed by atoms with van der Waals surface area (Å²) in [6.07, 6.45) is 27.4. The zero-order chi connectivity index (χ0) is 30.4. The van der Waals surface area contributed by atoms with E-state index in [2.05, 4.69) is 77.6 Å². The van der Waals surface area contributed by atoms with Crippen molar-refractivity contribution in [1.29, 1.82) is 0 Å². The Balaban J connectivity index is 1.27. The van der Waals surface area contributed by atoms with Crippen LogP contribution in [0.4, 0.5) is 0 Å². The minimum Gasteiger partial charge on any atom is -0.339 e. The molecule has 0 aliphatic rings. The first-order chi connectivity index (χ1) is 21.8. The summed E-state index contributed by atoms with van der Waals surface area (Å²) in [5.41, 5.74) is 7.63. The normalized spacial score (nSPS) is 12.0. The van der Waals surface area contributed by atoms with Gasteiger partial charge in [0.05, 0.1) is 33.1 Å². The molecule has 0 fully saturated rings. The van der Waals surface area contributed by atoms with E-state index in [1.807, 2.05) is 0 Å². The largest absolute Gasteiger partial charge is 0.339 e. The summed E-state index contributed by atoms with van der Waals surface area (Å²) in [4.78, 5) is 5.43. The monoisotopic (exact) mass is 593 g/mol. The number of rotatable bonds is 22. The summed E-state index contributed by atoms with van der Waals surface area (Å²) in [7, 11) is 0. The first-order valence-electron chi connectivity index (χ1n) is 18.6. The van der Waals surface area contributed by atoms with Crippen LogP contribution in [0.3, 0.4) is 0 Å². The van der Waals surface area contributed by atoms with Crippen LogP contribution < -0.4 is 0 Å². The fourth-order valence-corrected chi connectivity index (χ4v) is 7.38. The van der Waals surface area contributed by atoms with E-state index in [9.17, 15) is 0 Å². The number of hydrogen-bond donors (Lipinski definition) is 0. The predicted octanol–water partition coefficient (Wildman–Crippen LogP) is 13.1. The third-order valence-corrected chi connectivity index (χ3v) is 9.93. The van der Waals surface area contributed by atoms with Crippen LogP contribution in [0.25, 0.3) is 43.9 Å². The quantitative estimate of drug-likeness (QED) is 0.0732. The summed E-state index contributed by atoms with van der Waals surface area (Å²) < 4.78 is 5.15. The number of aromatic nitrogens is 3. The van der Waals surface area contributed by atoms with E-state index in [-0.39, 0.29) is 0 Å². The Bertz CT molecular complexity index is 1440. The van der Waals surface area contributed by atoms with Gasteiger partial charge in [-0.1, -0.05) is 166 Å². The molecule has 2 aromatic carbocycles. The summed E-state index contributed by atoms with van der Waals surface area (Å²) in [5, 5.41) is 2.59. The standard InChI is InChI=1S/C41H59N3/c1-3-5-7-9-11-13-15-17-19-25-31-43-36-29-23-21-27-34(36)40-38(43)33-39-41(42-40)35-28-22-24-30-37(35)44(39)32-26-20-18-16-14-12-10-8-6-4-2/h21-24,27-30,33H,3-20,25-26,31-32H2,1-2H3. The molecular weight excluding hydrogens is 534 g/mol. The molecule has 0 aliphatic heterocycles. The number of para-hydroxylation sites is 2. The predicted molar refractivity (Wildman–Crippen MR) is 194 cm³/mol. The molecule has 0 aliphatic carbocycles. The van der Waals surface area contributed by atoms with Crippen LogP contribution in [0.5, 0.6) is 0 Å². The highest BCUT2D eigenvalue weighted by molar-refractivity contribution is 6.14. The molecule has 5 aromatic rings. The molecule has 0 spiro atoms. The maximum atomic E-state index is 5.43. The van der Waals surface area contributed by atoms with Gasteiger partial charge in [-0.2, -0.15) is 0 Å². The van der Waals surface area contributed by atoms with Crippen molar-refractivity contribution in [3.63, 3.8) is 0 Å². The zero-order valence-electron chi connectivity index (χ0n) is 28.1. The Labute approximate surface area is 267 Å². The average Bonchev–Trinajstić information content (AvgIpc) is 3.53. The van der Waals surface area contributed by atoms with E-state index in [1.165, 1.54) is 172 Å². The van der Waals surface area contributed by atoms with Gasteiger partial charge in [0.15, 0.2) is 0 Å². The highest BCUT2D eigenvalue weighted by atomic mass is 15.0. The molecule has 3 heteroatoms. The molecule has 0 saturated heterocycles. The Morgan fingerprint density at radius 2 is 0.750 bits per heavy atom. The highest BCUT2D eigenvalue weighted by Crippen LogP contribution is 2.35. The number of pyridine rings is 1. The van der Waals surface area contributed by atoms with E-state index in [0.29, 0.717) is 0 Å². The van der Waals surface area contributed by atoms with E-state index in [4.69, 9.17) is 4.98 Å². The van der Waals surface area contributed by atoms with Crippen molar-refractivity contribution in [2.75, 3.05) is 0 Å². The second kappa shape index (κ2) is 17.6. The summed E-state index contributed by atoms with van der Waals surface area (Å²) in [6, 6.07) is 20.3. The third kappa shape index (κ3) is 8.26. The van der Waals surface area contributed by atoms with Crippen molar-refractivity contribution in [3.8, 4) is 0 Å². The van der Waals surface area contributed by atoms with Crippen molar-refractivity contribution in [2.45, 2.75) is 155 Å². The molecule has 3 nitrogen and oxygen atoms in total. The Kier molecular flexibility index (Phi) is 13.0. The number of hydrogen-bond acceptors (Lipinski definition) is 1. The molecule has 3 aromatic heterocycles. The minimum atomic E-state index is 1.08. The van der Waals surface area contributed by atoms with Gasteiger partial charge >= 0.3 is 0 Å². The highest BCUT2D eigenvalue weighted by Gasteiger charge is 2.17. The zero-order valence-corrected chi connectivity index (χ0v) is 28.1. The van der Waals surface area contributed by atoms with Gasteiger partial charge in [-0.15, -0.1) is 0 Å². The van der Waals surface area contributed by atoms with Crippen LogP contribution in [0.2, 0.25) is 0 Å². The van der Waals surface area contributed by atoms with Gasteiger partial charge < -0.3 is 9.13 Å². The molecule has 5 rings (SSSR count). The summed E-state index contributed by atoms with van der Waals surface area (Å²) in [5.74, 6) is 0. The SMILES string of the molecule is CCCCCCCCCCCCn1c2ccccc2c2nc3c4ccccc4n(CCCCCCCCCCCC)c3cc21. The van der Waals surface area contributed by atoms with E-state index in [0.717, 1.165) is 13.1 Å². The van der Waals surface area contributed by atoms with E-state index in [1.54, 1.807) is 0 Å². The van der Waals surface area contributed by atoms with E-state index >= 15 is 0 Å². The fourth-order valence-electron chi connectivity index (χ4n) is 7.38. The van der Waals surface area contributed by atoms with Gasteiger partial charge in [0.2, 0.25) is 0 Å². The average molecular weight is 594 g/mol. The van der Waals surface area contributed by atoms with Gasteiger partial charge in [-0.25, -0.2) is 4.98 Å². The maximum absolute atomic E-state index is 5.43. The Hall–Kier alpha value is -2.81. The lowest BCUT2D eigenvalue weighted by atomic mass is 10.1. The molecule has 3 heterocycles. The molecule has 0 saturated carbocycles. The van der Waals surface area contributed by atoms with Crippen molar-refractivity contribution < 1.29 is 0 Å². The van der Waals surface area contributed by atoms with Crippen LogP contribution in [-0.2, 0) is 13.1 Å².